The van der Waals surface area contributed by atoms with Gasteiger partial charge in [0.25, 0.3) is 0 Å². The van der Waals surface area contributed by atoms with Gasteiger partial charge in [0.15, 0.2) is 11.6 Å². The highest BCUT2D eigenvalue weighted by atomic mass is 32.1. The van der Waals surface area contributed by atoms with Crippen molar-refractivity contribution in [2.45, 2.75) is 37.6 Å². The van der Waals surface area contributed by atoms with Crippen molar-refractivity contribution in [3.05, 3.63) is 35.4 Å². The third kappa shape index (κ3) is 2.91. The second-order valence-corrected chi connectivity index (χ2v) is 5.36. The van der Waals surface area contributed by atoms with E-state index in [1.54, 1.807) is 6.07 Å². The topological polar surface area (TPSA) is 29.1 Å². The van der Waals surface area contributed by atoms with Crippen LogP contribution in [-0.4, -0.2) is 11.7 Å². The zero-order valence-corrected chi connectivity index (χ0v) is 11.5. The third-order valence-electron chi connectivity index (χ3n) is 3.64. The summed E-state index contributed by atoms with van der Waals surface area (Å²) in [5, 5.41) is 2.88. The van der Waals surface area contributed by atoms with Gasteiger partial charge in [-0.3, -0.25) is 4.79 Å². The Hall–Kier alpha value is -1.10. The first kappa shape index (κ1) is 14.3. The lowest BCUT2D eigenvalue weighted by atomic mass is 9.87. The van der Waals surface area contributed by atoms with Gasteiger partial charge in [-0.1, -0.05) is 25.0 Å². The summed E-state index contributed by atoms with van der Waals surface area (Å²) in [4.78, 5) is 11.8. The molecule has 0 aromatic heterocycles. The maximum Gasteiger partial charge on any atom is 0.221 e. The van der Waals surface area contributed by atoms with Crippen LogP contribution >= 0.6 is 12.6 Å². The number of halogens is 2. The van der Waals surface area contributed by atoms with Crippen LogP contribution in [0.4, 0.5) is 8.78 Å². The Bertz CT molecular complexity index is 473. The van der Waals surface area contributed by atoms with Crippen LogP contribution in [0.25, 0.3) is 0 Å². The van der Waals surface area contributed by atoms with Crippen LogP contribution in [-0.2, 0) is 10.3 Å². The molecule has 2 rings (SSSR count). The molecular weight excluding hydrogens is 268 g/mol. The van der Waals surface area contributed by atoms with Gasteiger partial charge < -0.3 is 5.32 Å². The summed E-state index contributed by atoms with van der Waals surface area (Å²) in [6, 6.07) is 4.14. The Morgan fingerprint density at radius 3 is 2.63 bits per heavy atom. The quantitative estimate of drug-likeness (QED) is 0.818. The second-order valence-electron chi connectivity index (χ2n) is 4.91. The van der Waals surface area contributed by atoms with Gasteiger partial charge in [-0.05, 0) is 24.7 Å². The summed E-state index contributed by atoms with van der Waals surface area (Å²) in [5.74, 6) is -1.45. The number of amides is 1. The molecule has 1 fully saturated rings. The molecule has 0 unspecified atom stereocenters. The largest absolute Gasteiger partial charge is 0.346 e. The molecule has 1 amide bonds. The zero-order chi connectivity index (χ0) is 13.9. The molecule has 0 aliphatic heterocycles. The molecule has 5 heteroatoms. The second kappa shape index (κ2) is 5.90. The summed E-state index contributed by atoms with van der Waals surface area (Å²) in [7, 11) is 0. The predicted molar refractivity (Wildman–Crippen MR) is 73.1 cm³/mol. The molecule has 1 N–H and O–H groups in total. The van der Waals surface area contributed by atoms with E-state index in [-0.39, 0.29) is 17.9 Å². The molecule has 1 aromatic rings. The first-order chi connectivity index (χ1) is 9.09. The Morgan fingerprint density at radius 1 is 1.32 bits per heavy atom. The number of rotatable bonds is 4. The van der Waals surface area contributed by atoms with Crippen LogP contribution in [0.2, 0.25) is 0 Å². The van der Waals surface area contributed by atoms with Crippen LogP contribution in [0.1, 0.15) is 37.7 Å². The average Bonchev–Trinajstić information content (AvgIpc) is 2.82. The highest BCUT2D eigenvalue weighted by Gasteiger charge is 2.39. The molecule has 0 spiro atoms. The maximum atomic E-state index is 14.0. The minimum atomic E-state index is -0.868. The minimum absolute atomic E-state index is 0.166. The van der Waals surface area contributed by atoms with E-state index in [1.165, 1.54) is 6.07 Å². The third-order valence-corrected chi connectivity index (χ3v) is 3.87. The lowest BCUT2D eigenvalue weighted by molar-refractivity contribution is -0.122. The standard InChI is InChI=1S/C14H17F2NOS/c15-11-5-3-4-10(13(11)16)14(7-1-2-8-14)17-12(18)6-9-19/h3-5,19H,1-2,6-9H2,(H,17,18). The normalized spacial score (nSPS) is 17.4. The molecule has 1 aliphatic rings. The van der Waals surface area contributed by atoms with Gasteiger partial charge in [0.2, 0.25) is 5.91 Å². The number of hydrogen-bond acceptors (Lipinski definition) is 2. The van der Waals surface area contributed by atoms with Gasteiger partial charge in [-0.2, -0.15) is 12.6 Å². The molecule has 0 bridgehead atoms. The Kier molecular flexibility index (Phi) is 4.45. The smallest absolute Gasteiger partial charge is 0.221 e. The van der Waals surface area contributed by atoms with Crippen molar-refractivity contribution >= 4 is 18.5 Å². The van der Waals surface area contributed by atoms with Crippen molar-refractivity contribution in [2.24, 2.45) is 0 Å². The van der Waals surface area contributed by atoms with Crippen molar-refractivity contribution in [1.29, 1.82) is 0 Å². The number of hydrogen-bond donors (Lipinski definition) is 2. The van der Waals surface area contributed by atoms with Crippen LogP contribution in [0.15, 0.2) is 18.2 Å². The van der Waals surface area contributed by atoms with Gasteiger partial charge >= 0.3 is 0 Å². The molecule has 0 saturated heterocycles. The van der Waals surface area contributed by atoms with E-state index >= 15 is 0 Å². The molecule has 2 nitrogen and oxygen atoms in total. The first-order valence-electron chi connectivity index (χ1n) is 6.45. The molecule has 104 valence electrons. The van der Waals surface area contributed by atoms with E-state index < -0.39 is 17.2 Å². The van der Waals surface area contributed by atoms with Crippen molar-refractivity contribution < 1.29 is 13.6 Å². The summed E-state index contributed by atoms with van der Waals surface area (Å²) in [6.07, 6.45) is 3.37. The number of thiol groups is 1. The fourth-order valence-corrected chi connectivity index (χ4v) is 2.95. The van der Waals surface area contributed by atoms with Crippen molar-refractivity contribution in [3.63, 3.8) is 0 Å². The van der Waals surface area contributed by atoms with Crippen LogP contribution < -0.4 is 5.32 Å². The summed E-state index contributed by atoms with van der Waals surface area (Å²) in [5.41, 5.74) is -0.496. The summed E-state index contributed by atoms with van der Waals surface area (Å²) in [6.45, 7) is 0. The lowest BCUT2D eigenvalue weighted by Gasteiger charge is -2.31. The highest BCUT2D eigenvalue weighted by Crippen LogP contribution is 2.40. The van der Waals surface area contributed by atoms with Gasteiger partial charge in [0, 0.05) is 12.0 Å². The van der Waals surface area contributed by atoms with E-state index in [4.69, 9.17) is 0 Å². The van der Waals surface area contributed by atoms with Gasteiger partial charge in [-0.15, -0.1) is 0 Å². The highest BCUT2D eigenvalue weighted by molar-refractivity contribution is 7.80. The SMILES string of the molecule is O=C(CCS)NC1(c2cccc(F)c2F)CCCC1. The molecular formula is C14H17F2NOS. The van der Waals surface area contributed by atoms with Crippen LogP contribution in [0.5, 0.6) is 0 Å². The lowest BCUT2D eigenvalue weighted by Crippen LogP contribution is -2.44. The summed E-state index contributed by atoms with van der Waals surface area (Å²) >= 11 is 4.01. The first-order valence-corrected chi connectivity index (χ1v) is 7.09. The van der Waals surface area contributed by atoms with E-state index in [2.05, 4.69) is 17.9 Å². The minimum Gasteiger partial charge on any atom is -0.346 e. The molecule has 0 atom stereocenters. The molecule has 19 heavy (non-hydrogen) atoms. The van der Waals surface area contributed by atoms with E-state index in [0.717, 1.165) is 18.9 Å². The fraction of sp³-hybridized carbons (Fsp3) is 0.500. The predicted octanol–water partition coefficient (Wildman–Crippen LogP) is 3.17. The monoisotopic (exact) mass is 285 g/mol. The molecule has 1 aromatic carbocycles. The summed E-state index contributed by atoms with van der Waals surface area (Å²) < 4.78 is 27.4. The maximum absolute atomic E-state index is 14.0. The van der Waals surface area contributed by atoms with Crippen LogP contribution in [0, 0.1) is 11.6 Å². The fourth-order valence-electron chi connectivity index (χ4n) is 2.74. The van der Waals surface area contributed by atoms with Crippen molar-refractivity contribution in [3.8, 4) is 0 Å². The molecule has 0 radical (unpaired) electrons. The van der Waals surface area contributed by atoms with Gasteiger partial charge in [0.05, 0.1) is 5.54 Å². The number of carbonyl (C=O) groups excluding carboxylic acids is 1. The molecule has 1 saturated carbocycles. The van der Waals surface area contributed by atoms with Gasteiger partial charge in [0.1, 0.15) is 0 Å². The zero-order valence-electron chi connectivity index (χ0n) is 10.6. The Balaban J connectivity index is 2.34. The van der Waals surface area contributed by atoms with E-state index in [0.29, 0.717) is 18.6 Å². The Morgan fingerprint density at radius 2 is 2.00 bits per heavy atom. The Labute approximate surface area is 117 Å². The molecule has 0 heterocycles. The van der Waals surface area contributed by atoms with Gasteiger partial charge in [-0.25, -0.2) is 8.78 Å². The number of carbonyl (C=O) groups is 1. The number of nitrogens with one attached hydrogen (secondary N) is 1. The molecule has 1 aliphatic carbocycles. The van der Waals surface area contributed by atoms with Crippen molar-refractivity contribution in [2.75, 3.05) is 5.75 Å². The van der Waals surface area contributed by atoms with E-state index in [9.17, 15) is 13.6 Å². The van der Waals surface area contributed by atoms with E-state index in [1.807, 2.05) is 0 Å². The van der Waals surface area contributed by atoms with Crippen molar-refractivity contribution in [1.82, 2.24) is 5.32 Å². The number of benzene rings is 1. The van der Waals surface area contributed by atoms with Crippen LogP contribution in [0.3, 0.4) is 0 Å². The average molecular weight is 285 g/mol.